The van der Waals surface area contributed by atoms with Gasteiger partial charge >= 0.3 is 5.69 Å². The molecule has 0 spiro atoms. The van der Waals surface area contributed by atoms with Crippen molar-refractivity contribution in [3.8, 4) is 0 Å². The van der Waals surface area contributed by atoms with Gasteiger partial charge in [-0.3, -0.25) is 10.1 Å². The van der Waals surface area contributed by atoms with Gasteiger partial charge < -0.3 is 0 Å². The van der Waals surface area contributed by atoms with Crippen LogP contribution in [0.5, 0.6) is 0 Å². The summed E-state index contributed by atoms with van der Waals surface area (Å²) in [4.78, 5) is 8.90. The van der Waals surface area contributed by atoms with E-state index in [2.05, 4.69) is 0 Å². The van der Waals surface area contributed by atoms with Crippen LogP contribution < -0.4 is 0 Å². The van der Waals surface area contributed by atoms with E-state index in [-0.39, 0.29) is 0 Å². The second-order valence-electron chi connectivity index (χ2n) is 2.26. The molecule has 1 aromatic rings. The van der Waals surface area contributed by atoms with Crippen molar-refractivity contribution in [3.63, 3.8) is 0 Å². The van der Waals surface area contributed by atoms with E-state index < -0.39 is 34.5 Å². The van der Waals surface area contributed by atoms with Crippen LogP contribution in [-0.4, -0.2) is 4.92 Å². The Morgan fingerprint density at radius 2 is 2.00 bits per heavy atom. The van der Waals surface area contributed by atoms with Gasteiger partial charge in [-0.25, -0.2) is 4.39 Å². The van der Waals surface area contributed by atoms with Crippen LogP contribution in [0.4, 0.5) is 18.9 Å². The van der Waals surface area contributed by atoms with Crippen molar-refractivity contribution < 1.29 is 18.1 Å². The van der Waals surface area contributed by atoms with E-state index in [1.807, 2.05) is 0 Å². The molecule has 3 nitrogen and oxygen atoms in total. The van der Waals surface area contributed by atoms with E-state index in [0.29, 0.717) is 6.07 Å². The molecule has 0 fully saturated rings. The molecule has 0 aliphatic carbocycles. The number of benzene rings is 1. The van der Waals surface area contributed by atoms with Gasteiger partial charge in [-0.1, -0.05) is 6.07 Å². The molecule has 1 rings (SSSR count). The SMILES string of the molecule is O=[N+]([O-])c1c(F)ccc(CF)c1F. The average molecular weight is 191 g/mol. The highest BCUT2D eigenvalue weighted by Crippen LogP contribution is 2.24. The van der Waals surface area contributed by atoms with E-state index >= 15 is 0 Å². The largest absolute Gasteiger partial charge is 0.340 e. The van der Waals surface area contributed by atoms with Crippen LogP contribution in [0.2, 0.25) is 0 Å². The Hall–Kier alpha value is -1.59. The van der Waals surface area contributed by atoms with Gasteiger partial charge in [-0.15, -0.1) is 0 Å². The van der Waals surface area contributed by atoms with Crippen LogP contribution in [0.25, 0.3) is 0 Å². The predicted molar refractivity (Wildman–Crippen MR) is 37.8 cm³/mol. The van der Waals surface area contributed by atoms with Crippen LogP contribution in [-0.2, 0) is 6.67 Å². The summed E-state index contributed by atoms with van der Waals surface area (Å²) < 4.78 is 37.5. The summed E-state index contributed by atoms with van der Waals surface area (Å²) in [5, 5.41) is 10.1. The number of nitro benzene ring substituents is 1. The topological polar surface area (TPSA) is 43.1 Å². The van der Waals surface area contributed by atoms with Crippen molar-refractivity contribution in [1.29, 1.82) is 0 Å². The van der Waals surface area contributed by atoms with E-state index in [4.69, 9.17) is 0 Å². The third-order valence-corrected chi connectivity index (χ3v) is 1.47. The monoisotopic (exact) mass is 191 g/mol. The number of halogens is 3. The van der Waals surface area contributed by atoms with Gasteiger partial charge in [-0.05, 0) is 6.07 Å². The van der Waals surface area contributed by atoms with Crippen molar-refractivity contribution in [1.82, 2.24) is 0 Å². The molecule has 0 aliphatic heterocycles. The highest BCUT2D eigenvalue weighted by molar-refractivity contribution is 5.38. The first kappa shape index (κ1) is 9.50. The standard InChI is InChI=1S/C7H4F3NO2/c8-3-4-1-2-5(9)7(6(4)10)11(12)13/h1-2H,3H2. The van der Waals surface area contributed by atoms with E-state index in [1.165, 1.54) is 0 Å². The maximum atomic E-state index is 12.9. The summed E-state index contributed by atoms with van der Waals surface area (Å²) >= 11 is 0. The van der Waals surface area contributed by atoms with Crippen molar-refractivity contribution in [2.24, 2.45) is 0 Å². The lowest BCUT2D eigenvalue weighted by Gasteiger charge is -1.99. The molecule has 0 radical (unpaired) electrons. The maximum absolute atomic E-state index is 12.9. The molecule has 70 valence electrons. The van der Waals surface area contributed by atoms with Crippen LogP contribution >= 0.6 is 0 Å². The van der Waals surface area contributed by atoms with Gasteiger partial charge in [0.25, 0.3) is 0 Å². The van der Waals surface area contributed by atoms with Crippen molar-refractivity contribution in [2.45, 2.75) is 6.67 Å². The lowest BCUT2D eigenvalue weighted by Crippen LogP contribution is -1.99. The molecule has 0 bridgehead atoms. The third kappa shape index (κ3) is 1.61. The molecular weight excluding hydrogens is 187 g/mol. The Morgan fingerprint density at radius 1 is 1.38 bits per heavy atom. The smallest absolute Gasteiger partial charge is 0.258 e. The molecule has 13 heavy (non-hydrogen) atoms. The number of nitrogens with zero attached hydrogens (tertiary/aromatic N) is 1. The second kappa shape index (κ2) is 3.42. The van der Waals surface area contributed by atoms with Crippen molar-refractivity contribution >= 4 is 5.69 Å². The Kier molecular flexibility index (Phi) is 2.50. The maximum Gasteiger partial charge on any atom is 0.340 e. The van der Waals surface area contributed by atoms with E-state index in [9.17, 15) is 23.3 Å². The average Bonchev–Trinajstić information content (AvgIpc) is 2.04. The number of alkyl halides is 1. The number of hydrogen-bond donors (Lipinski definition) is 0. The number of nitro groups is 1. The van der Waals surface area contributed by atoms with Crippen LogP contribution in [0, 0.1) is 21.7 Å². The first-order valence-electron chi connectivity index (χ1n) is 3.25. The molecule has 1 aromatic carbocycles. The summed E-state index contributed by atoms with van der Waals surface area (Å²) in [6, 6.07) is 1.49. The fraction of sp³-hybridized carbons (Fsp3) is 0.143. The zero-order chi connectivity index (χ0) is 10.0. The summed E-state index contributed by atoms with van der Waals surface area (Å²) in [7, 11) is 0. The zero-order valence-electron chi connectivity index (χ0n) is 6.26. The molecule has 0 saturated carbocycles. The molecule has 0 unspecified atom stereocenters. The Balaban J connectivity index is 3.38. The highest BCUT2D eigenvalue weighted by atomic mass is 19.1. The van der Waals surface area contributed by atoms with Gasteiger partial charge in [0.1, 0.15) is 6.67 Å². The summed E-state index contributed by atoms with van der Waals surface area (Å²) in [5.74, 6) is -2.76. The minimum absolute atomic E-state index is 0.520. The lowest BCUT2D eigenvalue weighted by molar-refractivity contribution is -0.390. The number of hydrogen-bond acceptors (Lipinski definition) is 2. The highest BCUT2D eigenvalue weighted by Gasteiger charge is 2.23. The molecule has 0 aromatic heterocycles. The summed E-state index contributed by atoms with van der Waals surface area (Å²) in [6.07, 6.45) is 0. The normalized spacial score (nSPS) is 10.1. The van der Waals surface area contributed by atoms with Crippen molar-refractivity contribution in [3.05, 3.63) is 39.4 Å². The quantitative estimate of drug-likeness (QED) is 0.531. The van der Waals surface area contributed by atoms with Gasteiger partial charge in [0.05, 0.1) is 4.92 Å². The second-order valence-corrected chi connectivity index (χ2v) is 2.26. The minimum Gasteiger partial charge on any atom is -0.258 e. The Bertz CT molecular complexity index is 354. The molecule has 0 amide bonds. The molecule has 0 saturated heterocycles. The van der Waals surface area contributed by atoms with Gasteiger partial charge in [-0.2, -0.15) is 8.78 Å². The first-order valence-corrected chi connectivity index (χ1v) is 3.25. The summed E-state index contributed by atoms with van der Waals surface area (Å²) in [5.41, 5.74) is -1.83. The first-order chi connectivity index (χ1) is 6.07. The van der Waals surface area contributed by atoms with Gasteiger partial charge in [0, 0.05) is 5.56 Å². The minimum atomic E-state index is -1.45. The molecule has 6 heteroatoms. The Morgan fingerprint density at radius 3 is 2.46 bits per heavy atom. The van der Waals surface area contributed by atoms with Crippen molar-refractivity contribution in [2.75, 3.05) is 0 Å². The van der Waals surface area contributed by atoms with Crippen LogP contribution in [0.1, 0.15) is 5.56 Å². The fourth-order valence-corrected chi connectivity index (χ4v) is 0.853. The molecular formula is C7H4F3NO2. The molecule has 0 aliphatic rings. The van der Waals surface area contributed by atoms with Crippen LogP contribution in [0.3, 0.4) is 0 Å². The van der Waals surface area contributed by atoms with Gasteiger partial charge in [0.2, 0.25) is 11.6 Å². The number of rotatable bonds is 2. The predicted octanol–water partition coefficient (Wildman–Crippen LogP) is 2.34. The van der Waals surface area contributed by atoms with E-state index in [0.717, 1.165) is 6.07 Å². The lowest BCUT2D eigenvalue weighted by atomic mass is 10.2. The van der Waals surface area contributed by atoms with Gasteiger partial charge in [0.15, 0.2) is 0 Å². The summed E-state index contributed by atoms with van der Waals surface area (Å²) in [6.45, 7) is -1.20. The Labute approximate surface area is 70.9 Å². The third-order valence-electron chi connectivity index (χ3n) is 1.47. The molecule has 0 N–H and O–H groups in total. The fourth-order valence-electron chi connectivity index (χ4n) is 0.853. The van der Waals surface area contributed by atoms with Crippen LogP contribution in [0.15, 0.2) is 12.1 Å². The zero-order valence-corrected chi connectivity index (χ0v) is 6.26. The van der Waals surface area contributed by atoms with E-state index in [1.54, 1.807) is 0 Å². The molecule has 0 heterocycles. The molecule has 0 atom stereocenters.